The molecule has 0 spiro atoms. The summed E-state index contributed by atoms with van der Waals surface area (Å²) < 4.78 is 23.1. The van der Waals surface area contributed by atoms with E-state index in [1.165, 1.54) is 12.1 Å². The third-order valence-electron chi connectivity index (χ3n) is 3.65. The Hall–Kier alpha value is -2.47. The second-order valence-corrected chi connectivity index (χ2v) is 7.66. The fraction of sp³-hybridized carbons (Fsp3) is 0.263. The summed E-state index contributed by atoms with van der Waals surface area (Å²) in [5.74, 6) is -1.56. The lowest BCUT2D eigenvalue weighted by molar-refractivity contribution is 0.0698. The van der Waals surface area contributed by atoms with E-state index in [0.29, 0.717) is 11.1 Å². The Bertz CT molecular complexity index is 840. The minimum atomic E-state index is -3.22. The van der Waals surface area contributed by atoms with Gasteiger partial charge in [0.15, 0.2) is 0 Å². The SMILES string of the molecule is CCOP(=O)(Cc1ccc(C(=O)Nc2ccccc2C(=O)O)cc1)OCC. The first-order chi connectivity index (χ1) is 12.9. The van der Waals surface area contributed by atoms with Gasteiger partial charge < -0.3 is 19.5 Å². The lowest BCUT2D eigenvalue weighted by Crippen LogP contribution is -2.14. The fourth-order valence-corrected chi connectivity index (χ4v) is 4.18. The minimum absolute atomic E-state index is 0.0110. The maximum atomic E-state index is 12.6. The Labute approximate surface area is 157 Å². The van der Waals surface area contributed by atoms with Crippen molar-refractivity contribution < 1.29 is 28.3 Å². The molecule has 2 N–H and O–H groups in total. The Morgan fingerprint density at radius 1 is 1.00 bits per heavy atom. The van der Waals surface area contributed by atoms with Crippen molar-refractivity contribution in [1.82, 2.24) is 0 Å². The molecule has 1 amide bonds. The number of rotatable bonds is 9. The van der Waals surface area contributed by atoms with Crippen molar-refractivity contribution in [2.24, 2.45) is 0 Å². The van der Waals surface area contributed by atoms with Crippen LogP contribution in [0.5, 0.6) is 0 Å². The van der Waals surface area contributed by atoms with Crippen LogP contribution in [0.4, 0.5) is 5.69 Å². The van der Waals surface area contributed by atoms with Gasteiger partial charge in [0.1, 0.15) is 0 Å². The summed E-state index contributed by atoms with van der Waals surface area (Å²) in [5.41, 5.74) is 1.29. The molecule has 0 bridgehead atoms. The predicted molar refractivity (Wildman–Crippen MR) is 102 cm³/mol. The van der Waals surface area contributed by atoms with Crippen LogP contribution in [0, 0.1) is 0 Å². The highest BCUT2D eigenvalue weighted by molar-refractivity contribution is 7.53. The molecule has 0 heterocycles. The molecule has 0 atom stereocenters. The molecule has 0 aliphatic heterocycles. The third-order valence-corrected chi connectivity index (χ3v) is 5.71. The first kappa shape index (κ1) is 20.8. The van der Waals surface area contributed by atoms with Gasteiger partial charge in [-0.2, -0.15) is 0 Å². The van der Waals surface area contributed by atoms with Crippen LogP contribution in [0.3, 0.4) is 0 Å². The Morgan fingerprint density at radius 3 is 2.15 bits per heavy atom. The predicted octanol–water partition coefficient (Wildman–Crippen LogP) is 4.40. The van der Waals surface area contributed by atoms with Crippen LogP contribution in [-0.4, -0.2) is 30.2 Å². The van der Waals surface area contributed by atoms with E-state index >= 15 is 0 Å². The van der Waals surface area contributed by atoms with E-state index in [9.17, 15) is 19.3 Å². The van der Waals surface area contributed by atoms with E-state index in [-0.39, 0.29) is 30.6 Å². The number of para-hydroxylation sites is 1. The molecule has 2 aromatic carbocycles. The van der Waals surface area contributed by atoms with Crippen molar-refractivity contribution in [3.8, 4) is 0 Å². The number of anilines is 1. The van der Waals surface area contributed by atoms with E-state index in [1.807, 2.05) is 0 Å². The van der Waals surface area contributed by atoms with Crippen LogP contribution in [0.2, 0.25) is 0 Å². The van der Waals surface area contributed by atoms with Gasteiger partial charge in [0.2, 0.25) is 0 Å². The summed E-state index contributed by atoms with van der Waals surface area (Å²) >= 11 is 0. The van der Waals surface area contributed by atoms with Crippen molar-refractivity contribution >= 4 is 25.2 Å². The highest BCUT2D eigenvalue weighted by Crippen LogP contribution is 2.51. The van der Waals surface area contributed by atoms with Gasteiger partial charge >= 0.3 is 13.6 Å². The van der Waals surface area contributed by atoms with Gasteiger partial charge in [0.25, 0.3) is 5.91 Å². The smallest absolute Gasteiger partial charge is 0.337 e. The van der Waals surface area contributed by atoms with Crippen LogP contribution in [0.25, 0.3) is 0 Å². The molecule has 0 radical (unpaired) electrons. The Morgan fingerprint density at radius 2 is 1.59 bits per heavy atom. The van der Waals surface area contributed by atoms with Crippen molar-refractivity contribution in [3.05, 3.63) is 65.2 Å². The molecule has 0 unspecified atom stereocenters. The summed E-state index contributed by atoms with van der Waals surface area (Å²) in [6, 6.07) is 12.7. The first-order valence-electron chi connectivity index (χ1n) is 8.49. The molecule has 8 heteroatoms. The van der Waals surface area contributed by atoms with Gasteiger partial charge in [-0.3, -0.25) is 9.36 Å². The van der Waals surface area contributed by atoms with Gasteiger partial charge in [0, 0.05) is 5.56 Å². The Kier molecular flexibility index (Phi) is 7.30. The van der Waals surface area contributed by atoms with Gasteiger partial charge in [-0.05, 0) is 43.7 Å². The molecular weight excluding hydrogens is 369 g/mol. The van der Waals surface area contributed by atoms with Gasteiger partial charge in [0.05, 0.1) is 30.6 Å². The van der Waals surface area contributed by atoms with E-state index in [4.69, 9.17) is 9.05 Å². The minimum Gasteiger partial charge on any atom is -0.478 e. The summed E-state index contributed by atoms with van der Waals surface area (Å²) in [6.45, 7) is 4.05. The van der Waals surface area contributed by atoms with E-state index in [1.54, 1.807) is 50.2 Å². The topological polar surface area (TPSA) is 102 Å². The number of aromatic carboxylic acids is 1. The molecule has 2 aromatic rings. The summed E-state index contributed by atoms with van der Waals surface area (Å²) in [5, 5.41) is 11.8. The van der Waals surface area contributed by atoms with Crippen molar-refractivity contribution in [3.63, 3.8) is 0 Å². The highest BCUT2D eigenvalue weighted by atomic mass is 31.2. The van der Waals surface area contributed by atoms with Crippen LogP contribution < -0.4 is 5.32 Å². The summed E-state index contributed by atoms with van der Waals surface area (Å²) in [4.78, 5) is 23.6. The van der Waals surface area contributed by atoms with E-state index in [2.05, 4.69) is 5.32 Å². The third kappa shape index (κ3) is 5.76. The summed E-state index contributed by atoms with van der Waals surface area (Å²) in [6.07, 6.45) is 0.110. The quantitative estimate of drug-likeness (QED) is 0.614. The van der Waals surface area contributed by atoms with Crippen molar-refractivity contribution in [2.45, 2.75) is 20.0 Å². The maximum Gasteiger partial charge on any atom is 0.337 e. The molecule has 7 nitrogen and oxygen atoms in total. The number of amides is 1. The molecule has 144 valence electrons. The van der Waals surface area contributed by atoms with Crippen molar-refractivity contribution in [1.29, 1.82) is 0 Å². The molecule has 2 rings (SSSR count). The fourth-order valence-electron chi connectivity index (χ4n) is 2.48. The molecule has 0 saturated heterocycles. The van der Waals surface area contributed by atoms with Crippen molar-refractivity contribution in [2.75, 3.05) is 18.5 Å². The van der Waals surface area contributed by atoms with E-state index < -0.39 is 19.5 Å². The number of carboxylic acid groups (broad SMARTS) is 1. The van der Waals surface area contributed by atoms with Crippen LogP contribution in [0.15, 0.2) is 48.5 Å². The molecule has 27 heavy (non-hydrogen) atoms. The highest BCUT2D eigenvalue weighted by Gasteiger charge is 2.24. The number of benzene rings is 2. The van der Waals surface area contributed by atoms with Crippen LogP contribution in [-0.2, 0) is 19.8 Å². The molecule has 0 aromatic heterocycles. The summed E-state index contributed by atoms with van der Waals surface area (Å²) in [7, 11) is -3.22. The van der Waals surface area contributed by atoms with E-state index in [0.717, 1.165) is 0 Å². The second kappa shape index (κ2) is 9.46. The van der Waals surface area contributed by atoms with Gasteiger partial charge in [-0.25, -0.2) is 4.79 Å². The maximum absolute atomic E-state index is 12.6. The molecule has 0 aliphatic carbocycles. The average molecular weight is 391 g/mol. The monoisotopic (exact) mass is 391 g/mol. The number of carbonyl (C=O) groups excluding carboxylic acids is 1. The number of nitrogens with one attached hydrogen (secondary N) is 1. The molecule has 0 saturated carbocycles. The standard InChI is InChI=1S/C19H22NO6P/c1-3-25-27(24,26-4-2)13-14-9-11-15(12-10-14)18(21)20-17-8-6-5-7-16(17)19(22)23/h5-12H,3-4,13H2,1-2H3,(H,20,21)(H,22,23). The Balaban J connectivity index is 2.12. The number of hydrogen-bond donors (Lipinski definition) is 2. The average Bonchev–Trinajstić information content (AvgIpc) is 2.62. The largest absolute Gasteiger partial charge is 0.478 e. The lowest BCUT2D eigenvalue weighted by atomic mass is 10.1. The zero-order chi connectivity index (χ0) is 19.9. The van der Waals surface area contributed by atoms with Crippen LogP contribution in [0.1, 0.15) is 40.1 Å². The number of hydrogen-bond acceptors (Lipinski definition) is 5. The normalized spacial score (nSPS) is 11.2. The number of carboxylic acids is 1. The lowest BCUT2D eigenvalue weighted by Gasteiger charge is -2.17. The van der Waals surface area contributed by atoms with Gasteiger partial charge in [-0.1, -0.05) is 24.3 Å². The number of carbonyl (C=O) groups is 2. The molecule has 0 aliphatic rings. The zero-order valence-electron chi connectivity index (χ0n) is 15.2. The van der Waals surface area contributed by atoms with Crippen LogP contribution >= 0.6 is 7.60 Å². The zero-order valence-corrected chi connectivity index (χ0v) is 16.1. The van der Waals surface area contributed by atoms with Gasteiger partial charge in [-0.15, -0.1) is 0 Å². The molecular formula is C19H22NO6P. The molecule has 0 fully saturated rings. The second-order valence-electron chi connectivity index (χ2n) is 5.61. The first-order valence-corrected chi connectivity index (χ1v) is 10.2.